The number of fused-ring (bicyclic) bond motifs is 2. The molecule has 2 aromatic heterocycles. The van der Waals surface area contributed by atoms with E-state index in [0.717, 1.165) is 83.2 Å². The zero-order valence-electron chi connectivity index (χ0n) is 24.6. The number of aliphatic imine (C=N–C) groups is 1. The van der Waals surface area contributed by atoms with E-state index in [1.807, 2.05) is 13.1 Å². The van der Waals surface area contributed by atoms with Crippen molar-refractivity contribution >= 4 is 16.9 Å². The molecule has 3 aromatic rings. The monoisotopic (exact) mass is 526 g/mol. The van der Waals surface area contributed by atoms with Crippen LogP contribution in [0.5, 0.6) is 5.75 Å². The van der Waals surface area contributed by atoms with Gasteiger partial charge in [-0.25, -0.2) is 9.97 Å². The molecule has 0 radical (unpaired) electrons. The Balaban J connectivity index is 1.46. The SMILES string of the molecule is C=C(C1=C(N=C(C)C(C)N(C)C)CCC(C)(C)C1)N1CCOc2ccc(-c3cnc4nc(C)[nH]c4c3)cc2C1. The van der Waals surface area contributed by atoms with Crippen molar-refractivity contribution in [3.05, 3.63) is 65.4 Å². The van der Waals surface area contributed by atoms with Gasteiger partial charge in [0, 0.05) is 47.0 Å². The number of allylic oxidation sites excluding steroid dienone is 2. The molecule has 0 spiro atoms. The van der Waals surface area contributed by atoms with E-state index in [2.05, 4.69) is 97.4 Å². The summed E-state index contributed by atoms with van der Waals surface area (Å²) in [5.74, 6) is 1.81. The Morgan fingerprint density at radius 1 is 1.23 bits per heavy atom. The molecule has 0 amide bonds. The van der Waals surface area contributed by atoms with Crippen molar-refractivity contribution in [2.75, 3.05) is 27.2 Å². The second-order valence-corrected chi connectivity index (χ2v) is 12.1. The van der Waals surface area contributed by atoms with Crippen LogP contribution in [0.1, 0.15) is 58.3 Å². The van der Waals surface area contributed by atoms with E-state index in [9.17, 15) is 0 Å². The molecule has 1 N–H and O–H groups in total. The number of pyridine rings is 1. The second kappa shape index (κ2) is 10.6. The number of aryl methyl sites for hydroxylation is 1. The third-order valence-electron chi connectivity index (χ3n) is 8.29. The van der Waals surface area contributed by atoms with Gasteiger partial charge in [-0.3, -0.25) is 4.99 Å². The number of hydrogen-bond donors (Lipinski definition) is 1. The van der Waals surface area contributed by atoms with Gasteiger partial charge in [0.25, 0.3) is 0 Å². The lowest BCUT2D eigenvalue weighted by atomic mass is 9.75. The quantitative estimate of drug-likeness (QED) is 0.371. The predicted octanol–water partition coefficient (Wildman–Crippen LogP) is 6.52. The fourth-order valence-electron chi connectivity index (χ4n) is 5.52. The summed E-state index contributed by atoms with van der Waals surface area (Å²) in [6.07, 6.45) is 4.99. The van der Waals surface area contributed by atoms with Gasteiger partial charge in [0.1, 0.15) is 18.2 Å². The first-order chi connectivity index (χ1) is 18.5. The number of ether oxygens (including phenoxy) is 1. The molecule has 1 aliphatic heterocycles. The van der Waals surface area contributed by atoms with Gasteiger partial charge >= 0.3 is 0 Å². The topological polar surface area (TPSA) is 69.6 Å². The minimum atomic E-state index is 0.225. The van der Waals surface area contributed by atoms with Crippen molar-refractivity contribution in [1.29, 1.82) is 0 Å². The average Bonchev–Trinajstić information content (AvgIpc) is 3.13. The maximum absolute atomic E-state index is 6.21. The highest BCUT2D eigenvalue weighted by Crippen LogP contribution is 2.43. The first-order valence-electron chi connectivity index (χ1n) is 14.0. The Hall–Kier alpha value is -3.45. The number of aromatic amines is 1. The Bertz CT molecular complexity index is 1460. The molecule has 206 valence electrons. The summed E-state index contributed by atoms with van der Waals surface area (Å²) in [4.78, 5) is 22.1. The molecule has 0 saturated heterocycles. The Morgan fingerprint density at radius 2 is 2.03 bits per heavy atom. The summed E-state index contributed by atoms with van der Waals surface area (Å²) in [6.45, 7) is 17.8. The van der Waals surface area contributed by atoms with Crippen LogP contribution in [0, 0.1) is 12.3 Å². The molecule has 39 heavy (non-hydrogen) atoms. The smallest absolute Gasteiger partial charge is 0.177 e. The number of rotatable bonds is 6. The van der Waals surface area contributed by atoms with E-state index in [-0.39, 0.29) is 5.41 Å². The summed E-state index contributed by atoms with van der Waals surface area (Å²) in [6, 6.07) is 8.84. The second-order valence-electron chi connectivity index (χ2n) is 12.1. The normalized spacial score (nSPS) is 18.7. The Labute approximate surface area is 232 Å². The van der Waals surface area contributed by atoms with Gasteiger partial charge in [-0.2, -0.15) is 0 Å². The minimum absolute atomic E-state index is 0.225. The third kappa shape index (κ3) is 5.78. The molecule has 2 aliphatic rings. The molecule has 1 unspecified atom stereocenters. The number of H-pyrrole nitrogens is 1. The largest absolute Gasteiger partial charge is 0.491 e. The van der Waals surface area contributed by atoms with Crippen LogP contribution in [0.3, 0.4) is 0 Å². The van der Waals surface area contributed by atoms with E-state index in [1.54, 1.807) is 0 Å². The number of benzene rings is 1. The van der Waals surface area contributed by atoms with Crippen LogP contribution < -0.4 is 4.74 Å². The lowest BCUT2D eigenvalue weighted by molar-refractivity contribution is 0.257. The van der Waals surface area contributed by atoms with Crippen LogP contribution in [0.4, 0.5) is 0 Å². The van der Waals surface area contributed by atoms with Gasteiger partial charge in [0.15, 0.2) is 5.65 Å². The van der Waals surface area contributed by atoms with E-state index in [1.165, 1.54) is 11.3 Å². The van der Waals surface area contributed by atoms with Crippen LogP contribution in [0.25, 0.3) is 22.3 Å². The van der Waals surface area contributed by atoms with Crippen molar-refractivity contribution in [1.82, 2.24) is 24.8 Å². The summed E-state index contributed by atoms with van der Waals surface area (Å²) in [7, 11) is 4.21. The molecule has 7 heteroatoms. The average molecular weight is 527 g/mol. The van der Waals surface area contributed by atoms with Crippen molar-refractivity contribution in [3.63, 3.8) is 0 Å². The summed E-state index contributed by atoms with van der Waals surface area (Å²) in [5, 5.41) is 0. The zero-order valence-corrected chi connectivity index (χ0v) is 24.6. The number of nitrogens with zero attached hydrogens (tertiary/aromatic N) is 5. The van der Waals surface area contributed by atoms with Crippen LogP contribution in [0.15, 0.2) is 59.0 Å². The van der Waals surface area contributed by atoms with E-state index < -0.39 is 0 Å². The van der Waals surface area contributed by atoms with Crippen molar-refractivity contribution < 1.29 is 4.74 Å². The molecule has 1 aromatic carbocycles. The predicted molar refractivity (Wildman–Crippen MR) is 160 cm³/mol. The van der Waals surface area contributed by atoms with Crippen LogP contribution in [-0.2, 0) is 6.54 Å². The molecule has 0 bridgehead atoms. The van der Waals surface area contributed by atoms with Crippen LogP contribution in [-0.4, -0.2) is 63.8 Å². The lowest BCUT2D eigenvalue weighted by Gasteiger charge is -2.36. The molecule has 5 rings (SSSR count). The van der Waals surface area contributed by atoms with Crippen molar-refractivity contribution in [2.24, 2.45) is 10.4 Å². The van der Waals surface area contributed by atoms with E-state index in [0.29, 0.717) is 12.6 Å². The molecule has 1 aliphatic carbocycles. The van der Waals surface area contributed by atoms with Crippen LogP contribution in [0.2, 0.25) is 0 Å². The molecule has 0 saturated carbocycles. The molecular formula is C32H42N6O. The molecule has 3 heterocycles. The highest BCUT2D eigenvalue weighted by Gasteiger charge is 2.31. The van der Waals surface area contributed by atoms with Gasteiger partial charge in [0.2, 0.25) is 0 Å². The first-order valence-corrected chi connectivity index (χ1v) is 14.0. The fourth-order valence-corrected chi connectivity index (χ4v) is 5.52. The maximum atomic E-state index is 6.21. The molecule has 0 fully saturated rings. The Morgan fingerprint density at radius 3 is 2.79 bits per heavy atom. The fraction of sp³-hybridized carbons (Fsp3) is 0.469. The molecular weight excluding hydrogens is 484 g/mol. The number of hydrogen-bond acceptors (Lipinski definition) is 6. The Kier molecular flexibility index (Phi) is 7.38. The maximum Gasteiger partial charge on any atom is 0.177 e. The van der Waals surface area contributed by atoms with Gasteiger partial charge in [-0.05, 0) is 88.9 Å². The summed E-state index contributed by atoms with van der Waals surface area (Å²) in [5.41, 5.74) is 9.95. The van der Waals surface area contributed by atoms with Crippen molar-refractivity contribution in [2.45, 2.75) is 66.5 Å². The number of nitrogens with one attached hydrogen (secondary N) is 1. The van der Waals surface area contributed by atoms with Crippen LogP contribution >= 0.6 is 0 Å². The lowest BCUT2D eigenvalue weighted by Crippen LogP contribution is -2.32. The summed E-state index contributed by atoms with van der Waals surface area (Å²) >= 11 is 0. The molecule has 1 atom stereocenters. The first kappa shape index (κ1) is 27.1. The molecule has 7 nitrogen and oxygen atoms in total. The van der Waals surface area contributed by atoms with Gasteiger partial charge < -0.3 is 19.5 Å². The van der Waals surface area contributed by atoms with Gasteiger partial charge in [-0.1, -0.05) is 26.5 Å². The third-order valence-corrected chi connectivity index (χ3v) is 8.29. The van der Waals surface area contributed by atoms with E-state index in [4.69, 9.17) is 9.73 Å². The highest BCUT2D eigenvalue weighted by molar-refractivity contribution is 5.88. The number of aromatic nitrogens is 3. The minimum Gasteiger partial charge on any atom is -0.491 e. The number of imidazole rings is 1. The zero-order chi connectivity index (χ0) is 27.9. The van der Waals surface area contributed by atoms with E-state index >= 15 is 0 Å². The summed E-state index contributed by atoms with van der Waals surface area (Å²) < 4.78 is 6.21. The standard InChI is InChI=1S/C32H42N6O/c1-20(21(2)37(7)8)34-28-11-12-32(5,6)17-27(28)22(3)38-13-14-39-30-10-9-24(15-26(30)19-38)25-16-29-31(33-18-25)36-23(4)35-29/h9-10,15-16,18,21H,3,11-14,17,19H2,1-2,4-8H3,(H,33,35,36). The highest BCUT2D eigenvalue weighted by atomic mass is 16.5. The van der Waals surface area contributed by atoms with Crippen molar-refractivity contribution in [3.8, 4) is 16.9 Å². The van der Waals surface area contributed by atoms with Gasteiger partial charge in [0.05, 0.1) is 12.1 Å². The van der Waals surface area contributed by atoms with Gasteiger partial charge in [-0.15, -0.1) is 0 Å².